The van der Waals surface area contributed by atoms with E-state index in [4.69, 9.17) is 4.74 Å². The van der Waals surface area contributed by atoms with Crippen LogP contribution < -0.4 is 10.9 Å². The zero-order valence-corrected chi connectivity index (χ0v) is 17.1. The molecule has 4 bridgehead atoms. The van der Waals surface area contributed by atoms with Crippen molar-refractivity contribution in [3.8, 4) is 0 Å². The summed E-state index contributed by atoms with van der Waals surface area (Å²) in [5, 5.41) is 4.03. The molecule has 160 valence electrons. The van der Waals surface area contributed by atoms with Crippen LogP contribution in [0.2, 0.25) is 0 Å². The molecular formula is C23H28FN3O3. The van der Waals surface area contributed by atoms with Gasteiger partial charge >= 0.3 is 0 Å². The fourth-order valence-electron chi connectivity index (χ4n) is 6.46. The van der Waals surface area contributed by atoms with E-state index in [1.807, 2.05) is 6.07 Å². The molecule has 6 rings (SSSR count). The first-order valence-corrected chi connectivity index (χ1v) is 11.0. The monoisotopic (exact) mass is 413 g/mol. The molecule has 2 heterocycles. The number of amides is 1. The summed E-state index contributed by atoms with van der Waals surface area (Å²) in [6.45, 7) is -0.159. The van der Waals surface area contributed by atoms with E-state index < -0.39 is 6.67 Å². The SMILES string of the molecule is O=C(NC12CC3CC(CC(C3)C1)C2)c1cc2cccnc2n(CCOCCF)c1=O. The summed E-state index contributed by atoms with van der Waals surface area (Å²) in [5.74, 6) is 1.84. The predicted octanol–water partition coefficient (Wildman–Crippen LogP) is 3.08. The lowest BCUT2D eigenvalue weighted by Gasteiger charge is -2.56. The number of rotatable bonds is 7. The smallest absolute Gasteiger partial charge is 0.265 e. The largest absolute Gasteiger partial charge is 0.377 e. The number of halogens is 1. The van der Waals surface area contributed by atoms with Gasteiger partial charge in [0.15, 0.2) is 0 Å². The van der Waals surface area contributed by atoms with Gasteiger partial charge in [0.05, 0.1) is 19.8 Å². The minimum atomic E-state index is -0.568. The van der Waals surface area contributed by atoms with Gasteiger partial charge in [-0.05, 0) is 74.5 Å². The fourth-order valence-corrected chi connectivity index (χ4v) is 6.46. The Morgan fingerprint density at radius 3 is 2.57 bits per heavy atom. The van der Waals surface area contributed by atoms with Crippen LogP contribution in [-0.4, -0.2) is 40.9 Å². The van der Waals surface area contributed by atoms with Crippen LogP contribution >= 0.6 is 0 Å². The Hall–Kier alpha value is -2.28. The highest BCUT2D eigenvalue weighted by atomic mass is 19.1. The quantitative estimate of drug-likeness (QED) is 0.708. The molecule has 0 aromatic carbocycles. The van der Waals surface area contributed by atoms with Gasteiger partial charge in [0, 0.05) is 17.1 Å². The molecule has 6 nitrogen and oxygen atoms in total. The minimum absolute atomic E-state index is 0.00763. The Labute approximate surface area is 174 Å². The van der Waals surface area contributed by atoms with Gasteiger partial charge in [-0.3, -0.25) is 14.2 Å². The standard InChI is InChI=1S/C23H28FN3O3/c24-3-6-30-7-5-27-20-18(2-1-4-25-20)11-19(22(27)29)21(28)26-23-12-15-8-16(13-23)10-17(9-15)14-23/h1-2,4,11,15-17H,3,5-10,12-14H2,(H,26,28). The topological polar surface area (TPSA) is 73.2 Å². The molecule has 4 aliphatic carbocycles. The molecular weight excluding hydrogens is 385 g/mol. The highest BCUT2D eigenvalue weighted by molar-refractivity contribution is 5.97. The molecule has 7 heteroatoms. The summed E-state index contributed by atoms with van der Waals surface area (Å²) in [4.78, 5) is 30.8. The van der Waals surface area contributed by atoms with E-state index >= 15 is 0 Å². The summed E-state index contributed by atoms with van der Waals surface area (Å²) >= 11 is 0. The number of pyridine rings is 2. The van der Waals surface area contributed by atoms with Gasteiger partial charge in [0.1, 0.15) is 17.9 Å². The first kappa shape index (κ1) is 19.7. The Morgan fingerprint density at radius 2 is 1.90 bits per heavy atom. The molecule has 4 fully saturated rings. The Morgan fingerprint density at radius 1 is 1.20 bits per heavy atom. The first-order valence-electron chi connectivity index (χ1n) is 11.0. The van der Waals surface area contributed by atoms with E-state index in [0.29, 0.717) is 23.4 Å². The normalized spacial score (nSPS) is 29.4. The maximum atomic E-state index is 13.3. The van der Waals surface area contributed by atoms with Crippen LogP contribution in [0.15, 0.2) is 29.2 Å². The van der Waals surface area contributed by atoms with Crippen molar-refractivity contribution in [3.63, 3.8) is 0 Å². The number of hydrogen-bond donors (Lipinski definition) is 1. The van der Waals surface area contributed by atoms with Gasteiger partial charge in [-0.15, -0.1) is 0 Å². The van der Waals surface area contributed by atoms with Crippen LogP contribution in [0, 0.1) is 17.8 Å². The van der Waals surface area contributed by atoms with Crippen molar-refractivity contribution in [2.24, 2.45) is 17.8 Å². The highest BCUT2D eigenvalue weighted by Gasteiger charge is 2.51. The maximum Gasteiger partial charge on any atom is 0.265 e. The number of carbonyl (C=O) groups excluding carboxylic acids is 1. The van der Waals surface area contributed by atoms with Gasteiger partial charge in [0.2, 0.25) is 0 Å². The van der Waals surface area contributed by atoms with Gasteiger partial charge in [-0.1, -0.05) is 0 Å². The molecule has 4 saturated carbocycles. The average Bonchev–Trinajstić information content (AvgIpc) is 2.70. The Bertz CT molecular complexity index is 983. The summed E-state index contributed by atoms with van der Waals surface area (Å²) in [7, 11) is 0. The third kappa shape index (κ3) is 3.53. The first-order chi connectivity index (χ1) is 14.6. The summed E-state index contributed by atoms with van der Waals surface area (Å²) in [5.41, 5.74) is 0.138. The molecule has 30 heavy (non-hydrogen) atoms. The van der Waals surface area contributed by atoms with Crippen molar-refractivity contribution >= 4 is 16.9 Å². The second-order valence-electron chi connectivity index (χ2n) is 9.38. The number of alkyl halides is 1. The lowest BCUT2D eigenvalue weighted by atomic mass is 9.53. The Kier molecular flexibility index (Phi) is 5.09. The average molecular weight is 413 g/mol. The minimum Gasteiger partial charge on any atom is -0.377 e. The second kappa shape index (κ2) is 7.76. The van der Waals surface area contributed by atoms with E-state index in [-0.39, 0.29) is 42.3 Å². The fraction of sp³-hybridized carbons (Fsp3) is 0.609. The zero-order valence-electron chi connectivity index (χ0n) is 17.1. The molecule has 0 saturated heterocycles. The van der Waals surface area contributed by atoms with Gasteiger partial charge in [-0.25, -0.2) is 9.37 Å². The summed E-state index contributed by atoms with van der Waals surface area (Å²) in [6.07, 6.45) is 8.60. The summed E-state index contributed by atoms with van der Waals surface area (Å²) in [6, 6.07) is 5.29. The van der Waals surface area contributed by atoms with Crippen molar-refractivity contribution < 1.29 is 13.9 Å². The molecule has 0 aliphatic heterocycles. The van der Waals surface area contributed by atoms with Crippen LogP contribution in [-0.2, 0) is 11.3 Å². The third-order valence-corrected chi connectivity index (χ3v) is 7.19. The molecule has 0 radical (unpaired) electrons. The van der Waals surface area contributed by atoms with E-state index in [1.54, 1.807) is 18.3 Å². The van der Waals surface area contributed by atoms with Crippen LogP contribution in [0.25, 0.3) is 11.0 Å². The lowest BCUT2D eigenvalue weighted by Crippen LogP contribution is -2.60. The van der Waals surface area contributed by atoms with Gasteiger partial charge in [0.25, 0.3) is 11.5 Å². The lowest BCUT2D eigenvalue weighted by molar-refractivity contribution is -0.0167. The zero-order chi connectivity index (χ0) is 20.7. The second-order valence-corrected chi connectivity index (χ2v) is 9.38. The number of ether oxygens (including phenoxy) is 1. The van der Waals surface area contributed by atoms with Crippen molar-refractivity contribution in [1.82, 2.24) is 14.9 Å². The predicted molar refractivity (Wildman–Crippen MR) is 111 cm³/mol. The molecule has 4 aliphatic rings. The number of nitrogens with one attached hydrogen (secondary N) is 1. The summed E-state index contributed by atoms with van der Waals surface area (Å²) < 4.78 is 19.0. The molecule has 0 spiro atoms. The van der Waals surface area contributed by atoms with Crippen LogP contribution in [0.5, 0.6) is 0 Å². The van der Waals surface area contributed by atoms with E-state index in [0.717, 1.165) is 24.6 Å². The van der Waals surface area contributed by atoms with Crippen LogP contribution in [0.3, 0.4) is 0 Å². The molecule has 0 unspecified atom stereocenters. The number of hydrogen-bond acceptors (Lipinski definition) is 4. The van der Waals surface area contributed by atoms with E-state index in [2.05, 4.69) is 10.3 Å². The number of aromatic nitrogens is 2. The molecule has 2 aromatic heterocycles. The molecule has 1 amide bonds. The molecule has 2 aromatic rings. The van der Waals surface area contributed by atoms with E-state index in [1.165, 1.54) is 23.8 Å². The maximum absolute atomic E-state index is 13.3. The third-order valence-electron chi connectivity index (χ3n) is 7.19. The van der Waals surface area contributed by atoms with E-state index in [9.17, 15) is 14.0 Å². The molecule has 0 atom stereocenters. The van der Waals surface area contributed by atoms with Crippen LogP contribution in [0.4, 0.5) is 4.39 Å². The Balaban J connectivity index is 1.44. The number of fused-ring (bicyclic) bond motifs is 1. The van der Waals surface area contributed by atoms with Crippen LogP contribution in [0.1, 0.15) is 48.9 Å². The number of carbonyl (C=O) groups is 1. The van der Waals surface area contributed by atoms with Gasteiger partial charge in [-0.2, -0.15) is 0 Å². The van der Waals surface area contributed by atoms with Crippen molar-refractivity contribution in [3.05, 3.63) is 40.3 Å². The van der Waals surface area contributed by atoms with Crippen molar-refractivity contribution in [2.75, 3.05) is 19.9 Å². The number of nitrogens with zero attached hydrogens (tertiary/aromatic N) is 2. The van der Waals surface area contributed by atoms with Crippen molar-refractivity contribution in [2.45, 2.75) is 50.6 Å². The highest BCUT2D eigenvalue weighted by Crippen LogP contribution is 2.55. The van der Waals surface area contributed by atoms with Gasteiger partial charge < -0.3 is 10.1 Å². The van der Waals surface area contributed by atoms with Crippen molar-refractivity contribution in [1.29, 1.82) is 0 Å². The molecule has 1 N–H and O–H groups in total.